The van der Waals surface area contributed by atoms with Crippen LogP contribution in [0, 0.1) is 5.92 Å². The zero-order chi connectivity index (χ0) is 14.7. The molecule has 2 aliphatic rings. The molecule has 1 aromatic rings. The van der Waals surface area contributed by atoms with E-state index in [0.29, 0.717) is 6.54 Å². The Hall–Kier alpha value is -1.55. The minimum absolute atomic E-state index is 0.0462. The fourth-order valence-electron chi connectivity index (χ4n) is 3.58. The van der Waals surface area contributed by atoms with E-state index in [4.69, 9.17) is 4.74 Å². The molecule has 1 amide bonds. The standard InChI is InChI=1S/C17H24N2O2/c1-21-15-9-5-4-8-14(15)17-18-12-16(20)19(17)11-10-13-6-2-3-7-13/h4-5,8-9,13,17-18H,2-3,6-7,10-12H2,1H3. The van der Waals surface area contributed by atoms with Gasteiger partial charge in [0.1, 0.15) is 11.9 Å². The Kier molecular flexibility index (Phi) is 4.44. The Balaban J connectivity index is 1.72. The van der Waals surface area contributed by atoms with Crippen molar-refractivity contribution in [1.29, 1.82) is 0 Å². The maximum atomic E-state index is 12.2. The molecule has 0 aromatic heterocycles. The van der Waals surface area contributed by atoms with Crippen LogP contribution < -0.4 is 10.1 Å². The molecule has 1 heterocycles. The van der Waals surface area contributed by atoms with E-state index >= 15 is 0 Å². The third-order valence-corrected chi connectivity index (χ3v) is 4.77. The van der Waals surface area contributed by atoms with Crippen LogP contribution in [0.4, 0.5) is 0 Å². The summed E-state index contributed by atoms with van der Waals surface area (Å²) in [6, 6.07) is 7.95. The number of carbonyl (C=O) groups excluding carboxylic acids is 1. The average Bonchev–Trinajstić information content (AvgIpc) is 3.15. The quantitative estimate of drug-likeness (QED) is 0.906. The summed E-state index contributed by atoms with van der Waals surface area (Å²) in [5, 5.41) is 3.32. The molecule has 1 aromatic carbocycles. The summed E-state index contributed by atoms with van der Waals surface area (Å²) in [6.45, 7) is 1.27. The smallest absolute Gasteiger partial charge is 0.238 e. The monoisotopic (exact) mass is 288 g/mol. The molecule has 21 heavy (non-hydrogen) atoms. The highest BCUT2D eigenvalue weighted by Gasteiger charge is 2.33. The molecule has 1 saturated carbocycles. The highest BCUT2D eigenvalue weighted by Crippen LogP contribution is 2.32. The van der Waals surface area contributed by atoms with Crippen molar-refractivity contribution in [1.82, 2.24) is 10.2 Å². The van der Waals surface area contributed by atoms with Gasteiger partial charge in [-0.05, 0) is 18.4 Å². The summed E-state index contributed by atoms with van der Waals surface area (Å²) in [4.78, 5) is 14.2. The molecule has 1 atom stereocenters. The summed E-state index contributed by atoms with van der Waals surface area (Å²) in [6.07, 6.45) is 6.44. The second kappa shape index (κ2) is 6.48. The lowest BCUT2D eigenvalue weighted by Crippen LogP contribution is -2.32. The third kappa shape index (κ3) is 3.05. The van der Waals surface area contributed by atoms with Crippen molar-refractivity contribution < 1.29 is 9.53 Å². The number of ether oxygens (including phenoxy) is 1. The van der Waals surface area contributed by atoms with Crippen molar-refractivity contribution >= 4 is 5.91 Å². The maximum absolute atomic E-state index is 12.2. The molecule has 4 heteroatoms. The normalized spacial score (nSPS) is 23.0. The van der Waals surface area contributed by atoms with Gasteiger partial charge < -0.3 is 9.64 Å². The zero-order valence-electron chi connectivity index (χ0n) is 12.7. The molecule has 2 fully saturated rings. The van der Waals surface area contributed by atoms with E-state index in [0.717, 1.165) is 30.2 Å². The van der Waals surface area contributed by atoms with Gasteiger partial charge in [-0.2, -0.15) is 0 Å². The van der Waals surface area contributed by atoms with Crippen LogP contribution >= 0.6 is 0 Å². The van der Waals surface area contributed by atoms with Crippen LogP contribution in [0.25, 0.3) is 0 Å². The van der Waals surface area contributed by atoms with Crippen molar-refractivity contribution in [2.24, 2.45) is 5.92 Å². The number of methoxy groups -OCH3 is 1. The summed E-state index contributed by atoms with van der Waals surface area (Å²) in [7, 11) is 1.68. The van der Waals surface area contributed by atoms with Crippen LogP contribution in [-0.2, 0) is 4.79 Å². The molecule has 1 unspecified atom stereocenters. The van der Waals surface area contributed by atoms with E-state index in [1.807, 2.05) is 29.2 Å². The van der Waals surface area contributed by atoms with Gasteiger partial charge in [0, 0.05) is 12.1 Å². The Morgan fingerprint density at radius 2 is 2.05 bits per heavy atom. The Morgan fingerprint density at radius 3 is 2.81 bits per heavy atom. The van der Waals surface area contributed by atoms with Gasteiger partial charge >= 0.3 is 0 Å². The minimum Gasteiger partial charge on any atom is -0.496 e. The molecule has 1 saturated heterocycles. The van der Waals surface area contributed by atoms with Gasteiger partial charge in [0.25, 0.3) is 0 Å². The molecular formula is C17H24N2O2. The maximum Gasteiger partial charge on any atom is 0.238 e. The third-order valence-electron chi connectivity index (χ3n) is 4.77. The molecular weight excluding hydrogens is 264 g/mol. The van der Waals surface area contributed by atoms with E-state index < -0.39 is 0 Å². The summed E-state index contributed by atoms with van der Waals surface area (Å²) >= 11 is 0. The number of rotatable bonds is 5. The molecule has 1 N–H and O–H groups in total. The zero-order valence-corrected chi connectivity index (χ0v) is 12.7. The number of nitrogens with zero attached hydrogens (tertiary/aromatic N) is 1. The average molecular weight is 288 g/mol. The highest BCUT2D eigenvalue weighted by molar-refractivity contribution is 5.81. The van der Waals surface area contributed by atoms with Crippen molar-refractivity contribution in [2.45, 2.75) is 38.3 Å². The number of para-hydroxylation sites is 1. The van der Waals surface area contributed by atoms with Crippen molar-refractivity contribution in [3.8, 4) is 5.75 Å². The molecule has 0 radical (unpaired) electrons. The van der Waals surface area contributed by atoms with Crippen molar-refractivity contribution in [3.63, 3.8) is 0 Å². The number of nitrogens with one attached hydrogen (secondary N) is 1. The lowest BCUT2D eigenvalue weighted by Gasteiger charge is -2.27. The van der Waals surface area contributed by atoms with Gasteiger partial charge in [-0.25, -0.2) is 0 Å². The first kappa shape index (κ1) is 14.4. The van der Waals surface area contributed by atoms with Gasteiger partial charge in [0.2, 0.25) is 5.91 Å². The first-order valence-corrected chi connectivity index (χ1v) is 7.95. The molecule has 1 aliphatic heterocycles. The second-order valence-corrected chi connectivity index (χ2v) is 6.05. The van der Waals surface area contributed by atoms with Crippen LogP contribution in [0.3, 0.4) is 0 Å². The summed E-state index contributed by atoms with van der Waals surface area (Å²) < 4.78 is 5.44. The van der Waals surface area contributed by atoms with E-state index in [1.54, 1.807) is 7.11 Å². The fraction of sp³-hybridized carbons (Fsp3) is 0.588. The molecule has 3 rings (SSSR count). The van der Waals surface area contributed by atoms with E-state index in [-0.39, 0.29) is 12.1 Å². The summed E-state index contributed by atoms with van der Waals surface area (Å²) in [5.41, 5.74) is 1.05. The number of hydrogen-bond donors (Lipinski definition) is 1. The second-order valence-electron chi connectivity index (χ2n) is 6.05. The Labute approximate surface area is 126 Å². The van der Waals surface area contributed by atoms with Crippen molar-refractivity contribution in [2.75, 3.05) is 20.2 Å². The molecule has 1 aliphatic carbocycles. The fourth-order valence-corrected chi connectivity index (χ4v) is 3.58. The van der Waals surface area contributed by atoms with Crippen LogP contribution in [0.5, 0.6) is 5.75 Å². The minimum atomic E-state index is -0.0462. The van der Waals surface area contributed by atoms with Gasteiger partial charge in [0.15, 0.2) is 0 Å². The predicted octanol–water partition coefficient (Wildman–Crippen LogP) is 2.71. The van der Waals surface area contributed by atoms with Gasteiger partial charge in [-0.1, -0.05) is 43.9 Å². The first-order chi connectivity index (χ1) is 10.3. The van der Waals surface area contributed by atoms with E-state index in [9.17, 15) is 4.79 Å². The Bertz CT molecular complexity index is 497. The van der Waals surface area contributed by atoms with Gasteiger partial charge in [-0.3, -0.25) is 10.1 Å². The van der Waals surface area contributed by atoms with E-state index in [2.05, 4.69) is 5.32 Å². The number of hydrogen-bond acceptors (Lipinski definition) is 3. The van der Waals surface area contributed by atoms with Crippen LogP contribution in [-0.4, -0.2) is 31.0 Å². The number of amides is 1. The SMILES string of the molecule is COc1ccccc1C1NCC(=O)N1CCC1CCCC1. The predicted molar refractivity (Wildman–Crippen MR) is 82.0 cm³/mol. The largest absolute Gasteiger partial charge is 0.496 e. The first-order valence-electron chi connectivity index (χ1n) is 7.95. The number of carbonyl (C=O) groups is 1. The molecule has 4 nitrogen and oxygen atoms in total. The number of benzene rings is 1. The lowest BCUT2D eigenvalue weighted by atomic mass is 10.0. The highest BCUT2D eigenvalue weighted by atomic mass is 16.5. The molecule has 0 bridgehead atoms. The van der Waals surface area contributed by atoms with Crippen LogP contribution in [0.2, 0.25) is 0 Å². The van der Waals surface area contributed by atoms with Gasteiger partial charge in [0.05, 0.1) is 13.7 Å². The van der Waals surface area contributed by atoms with Gasteiger partial charge in [-0.15, -0.1) is 0 Å². The molecule has 114 valence electrons. The van der Waals surface area contributed by atoms with Crippen LogP contribution in [0.1, 0.15) is 43.8 Å². The van der Waals surface area contributed by atoms with Crippen molar-refractivity contribution in [3.05, 3.63) is 29.8 Å². The van der Waals surface area contributed by atoms with Crippen LogP contribution in [0.15, 0.2) is 24.3 Å². The van der Waals surface area contributed by atoms with E-state index in [1.165, 1.54) is 25.7 Å². The topological polar surface area (TPSA) is 41.6 Å². The summed E-state index contributed by atoms with van der Waals surface area (Å²) in [5.74, 6) is 1.84. The lowest BCUT2D eigenvalue weighted by molar-refractivity contribution is -0.128. The molecule has 0 spiro atoms. The Morgan fingerprint density at radius 1 is 1.29 bits per heavy atom.